The summed E-state index contributed by atoms with van der Waals surface area (Å²) >= 11 is 1.74. The van der Waals surface area contributed by atoms with E-state index in [1.807, 2.05) is 0 Å². The second kappa shape index (κ2) is 4.45. The van der Waals surface area contributed by atoms with Crippen LogP contribution in [0.25, 0.3) is 0 Å². The molecule has 2 nitrogen and oxygen atoms in total. The van der Waals surface area contributed by atoms with Crippen LogP contribution in [0.4, 0.5) is 5.13 Å². The van der Waals surface area contributed by atoms with Gasteiger partial charge in [-0.15, -0.1) is 11.3 Å². The lowest BCUT2D eigenvalue weighted by Gasteiger charge is -2.13. The SMILES string of the molecule is CCCN(C)c1nc(CC)cs1. The third kappa shape index (κ3) is 2.21. The smallest absolute Gasteiger partial charge is 0.185 e. The van der Waals surface area contributed by atoms with Gasteiger partial charge in [-0.3, -0.25) is 0 Å². The fourth-order valence-electron chi connectivity index (χ4n) is 1.07. The van der Waals surface area contributed by atoms with Gasteiger partial charge in [0.05, 0.1) is 5.69 Å². The Morgan fingerprint density at radius 2 is 2.25 bits per heavy atom. The van der Waals surface area contributed by atoms with E-state index in [1.165, 1.54) is 12.1 Å². The summed E-state index contributed by atoms with van der Waals surface area (Å²) in [7, 11) is 2.10. The number of hydrogen-bond acceptors (Lipinski definition) is 3. The van der Waals surface area contributed by atoms with E-state index >= 15 is 0 Å². The average molecular weight is 184 g/mol. The van der Waals surface area contributed by atoms with E-state index in [-0.39, 0.29) is 0 Å². The van der Waals surface area contributed by atoms with Crippen molar-refractivity contribution in [2.45, 2.75) is 26.7 Å². The monoisotopic (exact) mass is 184 g/mol. The fourth-order valence-corrected chi connectivity index (χ4v) is 1.97. The molecule has 0 amide bonds. The molecule has 1 aromatic heterocycles. The molecule has 3 heteroatoms. The third-order valence-electron chi connectivity index (χ3n) is 1.79. The van der Waals surface area contributed by atoms with Crippen molar-refractivity contribution < 1.29 is 0 Å². The van der Waals surface area contributed by atoms with E-state index in [1.54, 1.807) is 11.3 Å². The molecule has 1 rings (SSSR count). The van der Waals surface area contributed by atoms with Gasteiger partial charge in [0, 0.05) is 19.0 Å². The predicted molar refractivity (Wildman–Crippen MR) is 55.1 cm³/mol. The number of aryl methyl sites for hydroxylation is 1. The Morgan fingerprint density at radius 1 is 1.50 bits per heavy atom. The molecule has 0 aromatic carbocycles. The molecule has 0 atom stereocenters. The van der Waals surface area contributed by atoms with Crippen molar-refractivity contribution in [3.8, 4) is 0 Å². The molecule has 0 N–H and O–H groups in total. The van der Waals surface area contributed by atoms with Crippen molar-refractivity contribution in [2.24, 2.45) is 0 Å². The molecular formula is C9H16N2S. The summed E-state index contributed by atoms with van der Waals surface area (Å²) in [6.07, 6.45) is 2.22. The maximum absolute atomic E-state index is 4.49. The highest BCUT2D eigenvalue weighted by atomic mass is 32.1. The highest BCUT2D eigenvalue weighted by molar-refractivity contribution is 7.13. The van der Waals surface area contributed by atoms with Crippen molar-refractivity contribution >= 4 is 16.5 Å². The molecule has 1 heterocycles. The Bertz CT molecular complexity index is 232. The van der Waals surface area contributed by atoms with Gasteiger partial charge in [-0.1, -0.05) is 13.8 Å². The van der Waals surface area contributed by atoms with Crippen molar-refractivity contribution in [3.05, 3.63) is 11.1 Å². The van der Waals surface area contributed by atoms with Crippen molar-refractivity contribution in [1.82, 2.24) is 4.98 Å². The molecule has 0 aliphatic rings. The largest absolute Gasteiger partial charge is 0.351 e. The summed E-state index contributed by atoms with van der Waals surface area (Å²) in [4.78, 5) is 6.70. The molecular weight excluding hydrogens is 168 g/mol. The molecule has 0 fully saturated rings. The van der Waals surface area contributed by atoms with Gasteiger partial charge in [0.1, 0.15) is 0 Å². The Hall–Kier alpha value is -0.570. The Kier molecular flexibility index (Phi) is 3.53. The zero-order valence-electron chi connectivity index (χ0n) is 8.00. The zero-order valence-corrected chi connectivity index (χ0v) is 8.82. The van der Waals surface area contributed by atoms with E-state index < -0.39 is 0 Å². The van der Waals surface area contributed by atoms with Crippen LogP contribution >= 0.6 is 11.3 Å². The molecule has 0 saturated carbocycles. The normalized spacial score (nSPS) is 10.2. The quantitative estimate of drug-likeness (QED) is 0.715. The summed E-state index contributed by atoms with van der Waals surface area (Å²) in [6, 6.07) is 0. The van der Waals surface area contributed by atoms with Gasteiger partial charge in [-0.2, -0.15) is 0 Å². The summed E-state index contributed by atoms with van der Waals surface area (Å²) < 4.78 is 0. The van der Waals surface area contributed by atoms with Gasteiger partial charge in [0.15, 0.2) is 5.13 Å². The Labute approximate surface area is 78.2 Å². The van der Waals surface area contributed by atoms with Gasteiger partial charge < -0.3 is 4.90 Å². The van der Waals surface area contributed by atoms with E-state index in [0.29, 0.717) is 0 Å². The molecule has 1 aromatic rings. The first-order chi connectivity index (χ1) is 5.77. The van der Waals surface area contributed by atoms with E-state index in [2.05, 4.69) is 36.2 Å². The van der Waals surface area contributed by atoms with Crippen LogP contribution in [0, 0.1) is 0 Å². The highest BCUT2D eigenvalue weighted by Gasteiger charge is 2.03. The van der Waals surface area contributed by atoms with Gasteiger partial charge in [-0.25, -0.2) is 4.98 Å². The van der Waals surface area contributed by atoms with Crippen LogP contribution in [0.1, 0.15) is 26.0 Å². The topological polar surface area (TPSA) is 16.1 Å². The van der Waals surface area contributed by atoms with Crippen LogP contribution in [0.15, 0.2) is 5.38 Å². The van der Waals surface area contributed by atoms with Crippen molar-refractivity contribution in [2.75, 3.05) is 18.5 Å². The first-order valence-corrected chi connectivity index (χ1v) is 5.31. The minimum atomic E-state index is 1.04. The van der Waals surface area contributed by atoms with Crippen LogP contribution < -0.4 is 4.90 Å². The number of aromatic nitrogens is 1. The lowest BCUT2D eigenvalue weighted by Crippen LogP contribution is -2.17. The van der Waals surface area contributed by atoms with Gasteiger partial charge in [0.25, 0.3) is 0 Å². The van der Waals surface area contributed by atoms with E-state index in [0.717, 1.165) is 18.1 Å². The summed E-state index contributed by atoms with van der Waals surface area (Å²) in [5.74, 6) is 0. The molecule has 0 spiro atoms. The first-order valence-electron chi connectivity index (χ1n) is 4.43. The molecule has 0 unspecified atom stereocenters. The maximum atomic E-state index is 4.49. The molecule has 0 aliphatic heterocycles. The molecule has 68 valence electrons. The van der Waals surface area contributed by atoms with Crippen LogP contribution in [0.5, 0.6) is 0 Å². The third-order valence-corrected chi connectivity index (χ3v) is 2.79. The van der Waals surface area contributed by atoms with Crippen LogP contribution in [0.3, 0.4) is 0 Å². The highest BCUT2D eigenvalue weighted by Crippen LogP contribution is 2.19. The summed E-state index contributed by atoms with van der Waals surface area (Å²) in [5.41, 5.74) is 1.21. The van der Waals surface area contributed by atoms with Gasteiger partial charge in [-0.05, 0) is 12.8 Å². The van der Waals surface area contributed by atoms with Crippen LogP contribution in [-0.2, 0) is 6.42 Å². The van der Waals surface area contributed by atoms with E-state index in [4.69, 9.17) is 0 Å². The first kappa shape index (κ1) is 9.52. The second-order valence-electron chi connectivity index (χ2n) is 2.90. The fraction of sp³-hybridized carbons (Fsp3) is 0.667. The number of rotatable bonds is 4. The molecule has 12 heavy (non-hydrogen) atoms. The van der Waals surface area contributed by atoms with E-state index in [9.17, 15) is 0 Å². The Morgan fingerprint density at radius 3 is 2.75 bits per heavy atom. The number of nitrogens with zero attached hydrogens (tertiary/aromatic N) is 2. The predicted octanol–water partition coefficient (Wildman–Crippen LogP) is 2.55. The molecule has 0 saturated heterocycles. The average Bonchev–Trinajstić information content (AvgIpc) is 2.52. The molecule has 0 bridgehead atoms. The molecule has 0 radical (unpaired) electrons. The van der Waals surface area contributed by atoms with Crippen LogP contribution in [-0.4, -0.2) is 18.6 Å². The number of thiazole rings is 1. The summed E-state index contributed by atoms with van der Waals surface area (Å²) in [6.45, 7) is 5.42. The standard InChI is InChI=1S/C9H16N2S/c1-4-6-11(3)9-10-8(5-2)7-12-9/h7H,4-6H2,1-3H3. The minimum Gasteiger partial charge on any atom is -0.351 e. The Balaban J connectivity index is 2.61. The number of hydrogen-bond donors (Lipinski definition) is 0. The minimum absolute atomic E-state index is 1.04. The number of anilines is 1. The lowest BCUT2D eigenvalue weighted by atomic mass is 10.4. The maximum Gasteiger partial charge on any atom is 0.185 e. The molecule has 0 aliphatic carbocycles. The summed E-state index contributed by atoms with van der Waals surface area (Å²) in [5, 5.41) is 3.29. The van der Waals surface area contributed by atoms with Crippen LogP contribution in [0.2, 0.25) is 0 Å². The van der Waals surface area contributed by atoms with Gasteiger partial charge in [0.2, 0.25) is 0 Å². The lowest BCUT2D eigenvalue weighted by molar-refractivity contribution is 0.844. The second-order valence-corrected chi connectivity index (χ2v) is 3.73. The van der Waals surface area contributed by atoms with Gasteiger partial charge >= 0.3 is 0 Å². The van der Waals surface area contributed by atoms with Crippen molar-refractivity contribution in [1.29, 1.82) is 0 Å². The van der Waals surface area contributed by atoms with Crippen molar-refractivity contribution in [3.63, 3.8) is 0 Å². The zero-order chi connectivity index (χ0) is 8.97.